The van der Waals surface area contributed by atoms with Gasteiger partial charge in [0.15, 0.2) is 6.61 Å². The monoisotopic (exact) mass is 476 g/mol. The lowest BCUT2D eigenvalue weighted by Gasteiger charge is -2.34. The zero-order valence-electron chi connectivity index (χ0n) is 19.6. The number of ether oxygens (including phenoxy) is 1. The molecule has 0 unspecified atom stereocenters. The van der Waals surface area contributed by atoms with Gasteiger partial charge in [-0.05, 0) is 75.1 Å². The summed E-state index contributed by atoms with van der Waals surface area (Å²) in [4.78, 5) is 27.4. The van der Waals surface area contributed by atoms with Gasteiger partial charge in [-0.1, -0.05) is 25.3 Å². The summed E-state index contributed by atoms with van der Waals surface area (Å²) in [6.45, 7) is 2.94. The van der Waals surface area contributed by atoms with Crippen LogP contribution in [0.25, 0.3) is 0 Å². The molecule has 1 aromatic rings. The number of hydrogen-bond acceptors (Lipinski definition) is 5. The Morgan fingerprint density at radius 2 is 1.70 bits per heavy atom. The summed E-state index contributed by atoms with van der Waals surface area (Å²) in [6.07, 6.45) is 9.39. The largest absolute Gasteiger partial charge is 0.455 e. The first-order chi connectivity index (χ1) is 15.9. The van der Waals surface area contributed by atoms with E-state index in [4.69, 9.17) is 4.74 Å². The average molecular weight is 477 g/mol. The van der Waals surface area contributed by atoms with Crippen LogP contribution in [-0.2, 0) is 37.2 Å². The van der Waals surface area contributed by atoms with Crippen LogP contribution in [0.2, 0.25) is 0 Å². The molecular weight excluding hydrogens is 440 g/mol. The minimum absolute atomic E-state index is 0.130. The van der Waals surface area contributed by atoms with Crippen LogP contribution in [0.4, 0.5) is 0 Å². The molecule has 1 saturated heterocycles. The number of carbonyl (C=O) groups is 2. The van der Waals surface area contributed by atoms with E-state index < -0.39 is 16.0 Å². The fourth-order valence-electron chi connectivity index (χ4n) is 5.55. The second-order valence-electron chi connectivity index (χ2n) is 9.54. The maximum atomic E-state index is 13.1. The van der Waals surface area contributed by atoms with E-state index in [1.54, 1.807) is 6.07 Å². The molecular formula is C25H36N2O5S. The van der Waals surface area contributed by atoms with E-state index in [-0.39, 0.29) is 37.6 Å². The standard InChI is InChI=1S/C25H36N2O5S/c1-2-27(22-9-4-3-5-10-22)24(28)18-32-25(29)20-13-15-26(16-14-20)33(30,31)23-12-11-19-7-6-8-21(19)17-23/h11-12,17,20,22H,2-10,13-16,18H2,1H3. The lowest BCUT2D eigenvalue weighted by atomic mass is 9.94. The van der Waals surface area contributed by atoms with Crippen LogP contribution in [0.15, 0.2) is 23.1 Å². The van der Waals surface area contributed by atoms with Crippen molar-refractivity contribution in [1.82, 2.24) is 9.21 Å². The molecule has 0 bridgehead atoms. The van der Waals surface area contributed by atoms with Crippen molar-refractivity contribution >= 4 is 21.9 Å². The SMILES string of the molecule is CCN(C(=O)COC(=O)C1CCN(S(=O)(=O)c2ccc3c(c2)CCC3)CC1)C1CCCCC1. The van der Waals surface area contributed by atoms with Crippen molar-refractivity contribution in [2.24, 2.45) is 5.92 Å². The fourth-order valence-corrected chi connectivity index (χ4v) is 7.07. The Hall–Kier alpha value is -1.93. The minimum Gasteiger partial charge on any atom is -0.455 e. The van der Waals surface area contributed by atoms with Crippen molar-refractivity contribution in [3.8, 4) is 0 Å². The first-order valence-corrected chi connectivity index (χ1v) is 13.9. The topological polar surface area (TPSA) is 84.0 Å². The van der Waals surface area contributed by atoms with Gasteiger partial charge in [0.1, 0.15) is 0 Å². The van der Waals surface area contributed by atoms with Gasteiger partial charge in [-0.25, -0.2) is 8.42 Å². The molecule has 1 amide bonds. The molecule has 1 heterocycles. The van der Waals surface area contributed by atoms with Crippen LogP contribution < -0.4 is 0 Å². The number of esters is 1. The van der Waals surface area contributed by atoms with Gasteiger partial charge in [-0.3, -0.25) is 9.59 Å². The normalized spacial score (nSPS) is 20.4. The van der Waals surface area contributed by atoms with Crippen molar-refractivity contribution in [1.29, 1.82) is 0 Å². The highest BCUT2D eigenvalue weighted by Gasteiger charge is 2.34. The molecule has 0 N–H and O–H groups in total. The lowest BCUT2D eigenvalue weighted by Crippen LogP contribution is -2.44. The third kappa shape index (κ3) is 5.43. The smallest absolute Gasteiger partial charge is 0.309 e. The van der Waals surface area contributed by atoms with Crippen LogP contribution in [-0.4, -0.2) is 61.8 Å². The molecule has 1 saturated carbocycles. The highest BCUT2D eigenvalue weighted by molar-refractivity contribution is 7.89. The molecule has 0 atom stereocenters. The summed E-state index contributed by atoms with van der Waals surface area (Å²) >= 11 is 0. The number of aryl methyl sites for hydroxylation is 2. The molecule has 0 spiro atoms. The van der Waals surface area contributed by atoms with Gasteiger partial charge in [0.2, 0.25) is 10.0 Å². The molecule has 4 rings (SSSR count). The molecule has 2 aliphatic carbocycles. The molecule has 1 aliphatic heterocycles. The van der Waals surface area contributed by atoms with E-state index in [1.807, 2.05) is 24.0 Å². The van der Waals surface area contributed by atoms with Crippen molar-refractivity contribution in [3.05, 3.63) is 29.3 Å². The maximum absolute atomic E-state index is 13.1. The Labute approximate surface area is 197 Å². The van der Waals surface area contributed by atoms with Gasteiger partial charge >= 0.3 is 5.97 Å². The van der Waals surface area contributed by atoms with Crippen molar-refractivity contribution < 1.29 is 22.7 Å². The lowest BCUT2D eigenvalue weighted by molar-refractivity contribution is -0.157. The van der Waals surface area contributed by atoms with Crippen LogP contribution in [0, 0.1) is 5.92 Å². The average Bonchev–Trinajstić information content (AvgIpc) is 3.32. The Bertz CT molecular complexity index is 963. The number of likely N-dealkylation sites (N-methyl/N-ethyl adjacent to an activating group) is 1. The van der Waals surface area contributed by atoms with Gasteiger partial charge in [0.25, 0.3) is 5.91 Å². The van der Waals surface area contributed by atoms with Gasteiger partial charge < -0.3 is 9.64 Å². The van der Waals surface area contributed by atoms with E-state index >= 15 is 0 Å². The predicted molar refractivity (Wildman–Crippen MR) is 125 cm³/mol. The van der Waals surface area contributed by atoms with Crippen molar-refractivity contribution in [2.75, 3.05) is 26.2 Å². The number of amides is 1. The van der Waals surface area contributed by atoms with E-state index in [0.29, 0.717) is 24.3 Å². The van der Waals surface area contributed by atoms with E-state index in [9.17, 15) is 18.0 Å². The van der Waals surface area contributed by atoms with Crippen LogP contribution >= 0.6 is 0 Å². The number of fused-ring (bicyclic) bond motifs is 1. The van der Waals surface area contributed by atoms with Gasteiger partial charge in [-0.2, -0.15) is 4.31 Å². The molecule has 33 heavy (non-hydrogen) atoms. The zero-order valence-corrected chi connectivity index (χ0v) is 20.4. The Kier molecular flexibility index (Phi) is 7.74. The summed E-state index contributed by atoms with van der Waals surface area (Å²) in [6, 6.07) is 5.71. The second kappa shape index (κ2) is 10.6. The summed E-state index contributed by atoms with van der Waals surface area (Å²) in [5.74, 6) is -0.888. The maximum Gasteiger partial charge on any atom is 0.309 e. The first-order valence-electron chi connectivity index (χ1n) is 12.5. The third-order valence-corrected chi connectivity index (χ3v) is 9.40. The molecule has 2 fully saturated rings. The van der Waals surface area contributed by atoms with E-state index in [1.165, 1.54) is 16.3 Å². The van der Waals surface area contributed by atoms with Crippen LogP contribution in [0.1, 0.15) is 69.4 Å². The third-order valence-electron chi connectivity index (χ3n) is 7.51. The minimum atomic E-state index is -3.57. The molecule has 0 aromatic heterocycles. The number of benzene rings is 1. The highest BCUT2D eigenvalue weighted by Crippen LogP contribution is 2.29. The number of rotatable bonds is 7. The Morgan fingerprint density at radius 1 is 1.00 bits per heavy atom. The zero-order chi connectivity index (χ0) is 23.4. The van der Waals surface area contributed by atoms with Crippen molar-refractivity contribution in [3.63, 3.8) is 0 Å². The van der Waals surface area contributed by atoms with Gasteiger partial charge in [0, 0.05) is 25.7 Å². The number of hydrogen-bond donors (Lipinski definition) is 0. The Morgan fingerprint density at radius 3 is 2.39 bits per heavy atom. The predicted octanol–water partition coefficient (Wildman–Crippen LogP) is 3.30. The molecule has 182 valence electrons. The molecule has 3 aliphatic rings. The number of piperidine rings is 1. The number of nitrogens with zero attached hydrogens (tertiary/aromatic N) is 2. The summed E-state index contributed by atoms with van der Waals surface area (Å²) in [5.41, 5.74) is 2.38. The highest BCUT2D eigenvalue weighted by atomic mass is 32.2. The quantitative estimate of drug-likeness (QED) is 0.564. The van der Waals surface area contributed by atoms with Crippen molar-refractivity contribution in [2.45, 2.75) is 82.1 Å². The van der Waals surface area contributed by atoms with Gasteiger partial charge in [0.05, 0.1) is 10.8 Å². The molecule has 7 nitrogen and oxygen atoms in total. The summed E-state index contributed by atoms with van der Waals surface area (Å²) in [7, 11) is -3.57. The fraction of sp³-hybridized carbons (Fsp3) is 0.680. The van der Waals surface area contributed by atoms with Gasteiger partial charge in [-0.15, -0.1) is 0 Å². The second-order valence-corrected chi connectivity index (χ2v) is 11.5. The van der Waals surface area contributed by atoms with E-state index in [2.05, 4.69) is 0 Å². The van der Waals surface area contributed by atoms with Crippen LogP contribution in [0.3, 0.4) is 0 Å². The molecule has 0 radical (unpaired) electrons. The Balaban J connectivity index is 1.27. The number of carbonyl (C=O) groups excluding carboxylic acids is 2. The van der Waals surface area contributed by atoms with Crippen LogP contribution in [0.5, 0.6) is 0 Å². The first kappa shape index (κ1) is 24.2. The molecule has 8 heteroatoms. The summed E-state index contributed by atoms with van der Waals surface area (Å²) in [5, 5.41) is 0. The summed E-state index contributed by atoms with van der Waals surface area (Å²) < 4.78 is 33.0. The number of sulfonamides is 1. The molecule has 1 aromatic carbocycles. The van der Waals surface area contributed by atoms with E-state index in [0.717, 1.165) is 50.5 Å².